The van der Waals surface area contributed by atoms with Crippen molar-refractivity contribution in [3.63, 3.8) is 0 Å². The van der Waals surface area contributed by atoms with Crippen molar-refractivity contribution in [3.05, 3.63) is 35.9 Å². The number of rotatable bonds is 6. The Morgan fingerprint density at radius 3 is 2.65 bits per heavy atom. The maximum atomic E-state index is 12.2. The van der Waals surface area contributed by atoms with Crippen LogP contribution in [0.25, 0.3) is 0 Å². The predicted octanol–water partition coefficient (Wildman–Crippen LogP) is 1.74. The number of nitrogens with one attached hydrogen (secondary N) is 1. The maximum absolute atomic E-state index is 12.2. The van der Waals surface area contributed by atoms with E-state index < -0.39 is 0 Å². The van der Waals surface area contributed by atoms with E-state index in [4.69, 9.17) is 0 Å². The molecule has 0 aromatic heterocycles. The third-order valence-corrected chi connectivity index (χ3v) is 3.86. The number of imide groups is 1. The molecule has 1 fully saturated rings. The van der Waals surface area contributed by atoms with Gasteiger partial charge in [0.05, 0.1) is 12.5 Å². The van der Waals surface area contributed by atoms with Crippen LogP contribution in [0.1, 0.15) is 32.3 Å². The summed E-state index contributed by atoms with van der Waals surface area (Å²) in [5.74, 6) is -0.126. The monoisotopic (exact) mass is 274 g/mol. The lowest BCUT2D eigenvalue weighted by atomic mass is 10.1. The molecule has 20 heavy (non-hydrogen) atoms. The highest BCUT2D eigenvalue weighted by Crippen LogP contribution is 2.17. The van der Waals surface area contributed by atoms with Crippen molar-refractivity contribution in [1.29, 1.82) is 0 Å². The highest BCUT2D eigenvalue weighted by Gasteiger charge is 2.40. The first kappa shape index (κ1) is 14.7. The summed E-state index contributed by atoms with van der Waals surface area (Å²) in [6.07, 6.45) is 1.95. The molecule has 1 aromatic rings. The average Bonchev–Trinajstić information content (AvgIpc) is 2.74. The second-order valence-electron chi connectivity index (χ2n) is 5.31. The maximum Gasteiger partial charge on any atom is 0.247 e. The highest BCUT2D eigenvalue weighted by molar-refractivity contribution is 6.05. The van der Waals surface area contributed by atoms with Gasteiger partial charge in [-0.05, 0) is 31.9 Å². The van der Waals surface area contributed by atoms with Gasteiger partial charge in [0.25, 0.3) is 0 Å². The van der Waals surface area contributed by atoms with Gasteiger partial charge in [-0.25, -0.2) is 0 Å². The molecule has 2 unspecified atom stereocenters. The van der Waals surface area contributed by atoms with Gasteiger partial charge in [-0.15, -0.1) is 0 Å². The van der Waals surface area contributed by atoms with Crippen molar-refractivity contribution in [1.82, 2.24) is 10.2 Å². The summed E-state index contributed by atoms with van der Waals surface area (Å²) in [5, 5.41) is 3.21. The van der Waals surface area contributed by atoms with Gasteiger partial charge in [-0.1, -0.05) is 37.3 Å². The molecule has 2 atom stereocenters. The van der Waals surface area contributed by atoms with Crippen LogP contribution < -0.4 is 5.32 Å². The minimum atomic E-state index is -0.347. The fourth-order valence-corrected chi connectivity index (χ4v) is 2.49. The molecule has 2 amide bonds. The Morgan fingerprint density at radius 2 is 2.00 bits per heavy atom. The Bertz CT molecular complexity index is 473. The Kier molecular flexibility index (Phi) is 4.90. The molecular formula is C16H22N2O2. The third-order valence-electron chi connectivity index (χ3n) is 3.86. The Balaban J connectivity index is 1.85. The molecule has 0 spiro atoms. The van der Waals surface area contributed by atoms with Crippen molar-refractivity contribution in [3.8, 4) is 0 Å². The summed E-state index contributed by atoms with van der Waals surface area (Å²) in [7, 11) is 0. The first-order valence-corrected chi connectivity index (χ1v) is 7.26. The lowest BCUT2D eigenvalue weighted by molar-refractivity contribution is -0.141. The second kappa shape index (κ2) is 6.66. The van der Waals surface area contributed by atoms with Crippen LogP contribution in [0.2, 0.25) is 0 Å². The third kappa shape index (κ3) is 3.25. The first-order valence-electron chi connectivity index (χ1n) is 7.26. The molecule has 1 N–H and O–H groups in total. The number of carbonyl (C=O) groups is 2. The fourth-order valence-electron chi connectivity index (χ4n) is 2.49. The smallest absolute Gasteiger partial charge is 0.247 e. The predicted molar refractivity (Wildman–Crippen MR) is 78.2 cm³/mol. The van der Waals surface area contributed by atoms with Crippen molar-refractivity contribution >= 4 is 11.8 Å². The largest absolute Gasteiger partial charge is 0.305 e. The minimum absolute atomic E-state index is 0.00377. The summed E-state index contributed by atoms with van der Waals surface area (Å²) in [5.41, 5.74) is 1.23. The summed E-state index contributed by atoms with van der Waals surface area (Å²) >= 11 is 0. The summed E-state index contributed by atoms with van der Waals surface area (Å²) in [4.78, 5) is 25.5. The lowest BCUT2D eigenvalue weighted by Gasteiger charge is -2.21. The van der Waals surface area contributed by atoms with Crippen LogP contribution in [0.3, 0.4) is 0 Å². The Labute approximate surface area is 120 Å². The van der Waals surface area contributed by atoms with Gasteiger partial charge in [-0.2, -0.15) is 0 Å². The highest BCUT2D eigenvalue weighted by atomic mass is 16.2. The van der Waals surface area contributed by atoms with Gasteiger partial charge < -0.3 is 5.32 Å². The van der Waals surface area contributed by atoms with Crippen LogP contribution in [0.15, 0.2) is 30.3 Å². The number of benzene rings is 1. The van der Waals surface area contributed by atoms with Gasteiger partial charge in [-0.3, -0.25) is 14.5 Å². The van der Waals surface area contributed by atoms with Crippen molar-refractivity contribution in [2.24, 2.45) is 0 Å². The lowest BCUT2D eigenvalue weighted by Crippen LogP contribution is -2.43. The summed E-state index contributed by atoms with van der Waals surface area (Å²) < 4.78 is 0. The van der Waals surface area contributed by atoms with Gasteiger partial charge in [0.1, 0.15) is 0 Å². The zero-order chi connectivity index (χ0) is 14.5. The Hall–Kier alpha value is -1.68. The number of amides is 2. The average molecular weight is 274 g/mol. The molecule has 2 rings (SSSR count). The number of carbonyl (C=O) groups excluding carboxylic acids is 2. The van der Waals surface area contributed by atoms with Crippen LogP contribution in [0.5, 0.6) is 0 Å². The quantitative estimate of drug-likeness (QED) is 0.804. The minimum Gasteiger partial charge on any atom is -0.305 e. The van der Waals surface area contributed by atoms with E-state index in [2.05, 4.69) is 17.4 Å². The zero-order valence-corrected chi connectivity index (χ0v) is 12.1. The van der Waals surface area contributed by atoms with Gasteiger partial charge >= 0.3 is 0 Å². The number of likely N-dealkylation sites (tertiary alicyclic amines) is 1. The fraction of sp³-hybridized carbons (Fsp3) is 0.500. The molecule has 0 saturated carbocycles. The summed E-state index contributed by atoms with van der Waals surface area (Å²) in [6.45, 7) is 4.62. The van der Waals surface area contributed by atoms with Crippen molar-refractivity contribution < 1.29 is 9.59 Å². The summed E-state index contributed by atoms with van der Waals surface area (Å²) in [6, 6.07) is 9.77. The van der Waals surface area contributed by atoms with E-state index in [-0.39, 0.29) is 30.3 Å². The number of hydrogen-bond donors (Lipinski definition) is 1. The van der Waals surface area contributed by atoms with E-state index in [0.717, 1.165) is 12.8 Å². The van der Waals surface area contributed by atoms with Gasteiger partial charge in [0.2, 0.25) is 11.8 Å². The van der Waals surface area contributed by atoms with Gasteiger partial charge in [0, 0.05) is 6.04 Å². The molecule has 4 nitrogen and oxygen atoms in total. The standard InChI is InChI=1S/C16H22N2O2/c1-3-12(2)18-15(19)11-14(16(18)20)17-10-9-13-7-5-4-6-8-13/h4-8,12,14,17H,3,9-11H2,1-2H3. The van der Waals surface area contributed by atoms with Crippen molar-refractivity contribution in [2.75, 3.05) is 6.54 Å². The molecule has 1 aliphatic rings. The molecule has 1 heterocycles. The van der Waals surface area contributed by atoms with E-state index in [0.29, 0.717) is 6.54 Å². The van der Waals surface area contributed by atoms with Gasteiger partial charge in [0.15, 0.2) is 0 Å². The second-order valence-corrected chi connectivity index (χ2v) is 5.31. The molecule has 1 saturated heterocycles. The van der Waals surface area contributed by atoms with Crippen molar-refractivity contribution in [2.45, 2.75) is 45.2 Å². The first-order chi connectivity index (χ1) is 9.63. The van der Waals surface area contributed by atoms with E-state index in [1.807, 2.05) is 32.0 Å². The van der Waals surface area contributed by atoms with E-state index in [1.165, 1.54) is 10.5 Å². The van der Waals surface area contributed by atoms with E-state index in [1.54, 1.807) is 0 Å². The molecule has 0 bridgehead atoms. The molecule has 4 heteroatoms. The molecule has 0 radical (unpaired) electrons. The van der Waals surface area contributed by atoms with E-state index in [9.17, 15) is 9.59 Å². The molecule has 1 aliphatic heterocycles. The van der Waals surface area contributed by atoms with Crippen LogP contribution in [-0.4, -0.2) is 35.3 Å². The van der Waals surface area contributed by atoms with E-state index >= 15 is 0 Å². The topological polar surface area (TPSA) is 49.4 Å². The van der Waals surface area contributed by atoms with Crippen LogP contribution >= 0.6 is 0 Å². The molecule has 0 aliphatic carbocycles. The molecular weight excluding hydrogens is 252 g/mol. The van der Waals surface area contributed by atoms with Crippen LogP contribution in [-0.2, 0) is 16.0 Å². The SMILES string of the molecule is CCC(C)N1C(=O)CC(NCCc2ccccc2)C1=O. The Morgan fingerprint density at radius 1 is 1.30 bits per heavy atom. The normalized spacial score (nSPS) is 20.5. The zero-order valence-electron chi connectivity index (χ0n) is 12.1. The van der Waals surface area contributed by atoms with Crippen LogP contribution in [0.4, 0.5) is 0 Å². The number of nitrogens with zero attached hydrogens (tertiary/aromatic N) is 1. The number of hydrogen-bond acceptors (Lipinski definition) is 3. The molecule has 1 aromatic carbocycles. The van der Waals surface area contributed by atoms with Crippen LogP contribution in [0, 0.1) is 0 Å². The molecule has 108 valence electrons.